The predicted molar refractivity (Wildman–Crippen MR) is 59.8 cm³/mol. The monoisotopic (exact) mass is 228 g/mol. The Labute approximate surface area is 95.4 Å². The van der Waals surface area contributed by atoms with E-state index in [2.05, 4.69) is 12.2 Å². The maximum atomic E-state index is 11.5. The molecule has 0 bridgehead atoms. The molecule has 1 saturated carbocycles. The molecule has 0 aromatic carbocycles. The van der Waals surface area contributed by atoms with Crippen molar-refractivity contribution in [2.24, 2.45) is 11.7 Å². The van der Waals surface area contributed by atoms with Crippen molar-refractivity contribution in [1.82, 2.24) is 5.32 Å². The first-order chi connectivity index (χ1) is 7.54. The lowest BCUT2D eigenvalue weighted by Gasteiger charge is -2.10. The fraction of sp³-hybridized carbons (Fsp3) is 0.818. The fourth-order valence-corrected chi connectivity index (χ4v) is 1.81. The Morgan fingerprint density at radius 3 is 2.81 bits per heavy atom. The zero-order valence-electron chi connectivity index (χ0n) is 9.61. The number of hydrogen-bond donors (Lipinski definition) is 3. The molecule has 1 amide bonds. The van der Waals surface area contributed by atoms with Gasteiger partial charge in [0.2, 0.25) is 5.91 Å². The number of rotatable bonds is 7. The summed E-state index contributed by atoms with van der Waals surface area (Å²) in [6, 6.07) is -0.428. The van der Waals surface area contributed by atoms with Gasteiger partial charge < -0.3 is 16.2 Å². The lowest BCUT2D eigenvalue weighted by molar-refractivity contribution is -0.137. The Bertz CT molecular complexity index is 268. The highest BCUT2D eigenvalue weighted by Gasteiger charge is 2.37. The number of carboxylic acids is 1. The van der Waals surface area contributed by atoms with E-state index in [1.165, 1.54) is 0 Å². The summed E-state index contributed by atoms with van der Waals surface area (Å²) in [6.07, 6.45) is 3.44. The minimum Gasteiger partial charge on any atom is -0.481 e. The van der Waals surface area contributed by atoms with E-state index in [1.54, 1.807) is 0 Å². The third-order valence-electron chi connectivity index (χ3n) is 2.92. The third-order valence-corrected chi connectivity index (χ3v) is 2.92. The molecule has 0 aromatic rings. The average Bonchev–Trinajstić information content (AvgIpc) is 2.93. The van der Waals surface area contributed by atoms with Gasteiger partial charge in [-0.2, -0.15) is 0 Å². The van der Waals surface area contributed by atoms with Crippen LogP contribution in [0.1, 0.15) is 39.0 Å². The van der Waals surface area contributed by atoms with Gasteiger partial charge >= 0.3 is 5.97 Å². The highest BCUT2D eigenvalue weighted by Crippen LogP contribution is 2.34. The van der Waals surface area contributed by atoms with Crippen LogP contribution in [0.15, 0.2) is 0 Å². The van der Waals surface area contributed by atoms with Crippen LogP contribution in [0, 0.1) is 5.92 Å². The van der Waals surface area contributed by atoms with Gasteiger partial charge in [0.25, 0.3) is 0 Å². The Balaban J connectivity index is 2.17. The Hall–Kier alpha value is -1.10. The quantitative estimate of drug-likeness (QED) is 0.591. The van der Waals surface area contributed by atoms with Gasteiger partial charge in [0, 0.05) is 12.5 Å². The molecule has 4 N–H and O–H groups in total. The maximum absolute atomic E-state index is 11.5. The number of hydrogen-bond acceptors (Lipinski definition) is 3. The van der Waals surface area contributed by atoms with Gasteiger partial charge in [-0.1, -0.05) is 13.3 Å². The molecule has 92 valence electrons. The molecule has 0 aliphatic heterocycles. The Morgan fingerprint density at radius 1 is 1.56 bits per heavy atom. The second-order valence-electron chi connectivity index (χ2n) is 4.44. The number of nitrogens with one attached hydrogen (secondary N) is 1. The van der Waals surface area contributed by atoms with Crippen molar-refractivity contribution >= 4 is 11.9 Å². The van der Waals surface area contributed by atoms with E-state index in [0.29, 0.717) is 5.92 Å². The summed E-state index contributed by atoms with van der Waals surface area (Å²) in [5.74, 6) is -0.538. The van der Waals surface area contributed by atoms with Crippen molar-refractivity contribution in [3.05, 3.63) is 0 Å². The standard InChI is InChI=1S/C11H20N2O3/c1-2-3-7-6-9(7)13-11(16)8(12)4-5-10(14)15/h7-9H,2-6,12H2,1H3,(H,13,16)(H,14,15). The predicted octanol–water partition coefficient (Wildman–Crippen LogP) is 0.483. The molecule has 16 heavy (non-hydrogen) atoms. The number of amides is 1. The molecule has 5 heteroatoms. The molecule has 0 spiro atoms. The van der Waals surface area contributed by atoms with Crippen molar-refractivity contribution in [2.45, 2.75) is 51.1 Å². The molecule has 1 aliphatic carbocycles. The van der Waals surface area contributed by atoms with Gasteiger partial charge in [-0.05, 0) is 25.2 Å². The second kappa shape index (κ2) is 5.84. The van der Waals surface area contributed by atoms with E-state index < -0.39 is 12.0 Å². The number of carboxylic acid groups (broad SMARTS) is 1. The SMILES string of the molecule is CCCC1CC1NC(=O)C(N)CCC(=O)O. The normalized spacial score (nSPS) is 24.9. The number of carbonyl (C=O) groups is 2. The van der Waals surface area contributed by atoms with Crippen molar-refractivity contribution < 1.29 is 14.7 Å². The maximum Gasteiger partial charge on any atom is 0.303 e. The summed E-state index contributed by atoms with van der Waals surface area (Å²) < 4.78 is 0. The largest absolute Gasteiger partial charge is 0.481 e. The summed E-state index contributed by atoms with van der Waals surface area (Å²) >= 11 is 0. The first-order valence-corrected chi connectivity index (χ1v) is 5.82. The van der Waals surface area contributed by atoms with Crippen LogP contribution in [0.3, 0.4) is 0 Å². The summed E-state index contributed by atoms with van der Waals surface area (Å²) in [6.45, 7) is 2.12. The van der Waals surface area contributed by atoms with Crippen LogP contribution in [-0.2, 0) is 9.59 Å². The van der Waals surface area contributed by atoms with Gasteiger partial charge in [-0.15, -0.1) is 0 Å². The highest BCUT2D eigenvalue weighted by molar-refractivity contribution is 5.82. The van der Waals surface area contributed by atoms with E-state index in [9.17, 15) is 9.59 Å². The van der Waals surface area contributed by atoms with Crippen molar-refractivity contribution in [3.8, 4) is 0 Å². The summed E-state index contributed by atoms with van der Waals surface area (Å²) in [7, 11) is 0. The van der Waals surface area contributed by atoms with E-state index >= 15 is 0 Å². The number of aliphatic carboxylic acids is 1. The molecule has 5 nitrogen and oxygen atoms in total. The highest BCUT2D eigenvalue weighted by atomic mass is 16.4. The molecule has 0 saturated heterocycles. The minimum absolute atomic E-state index is 0.0579. The van der Waals surface area contributed by atoms with Crippen LogP contribution < -0.4 is 11.1 Å². The van der Waals surface area contributed by atoms with Gasteiger partial charge in [-0.25, -0.2) is 0 Å². The van der Waals surface area contributed by atoms with Crippen LogP contribution in [0.4, 0.5) is 0 Å². The Morgan fingerprint density at radius 2 is 2.25 bits per heavy atom. The fourth-order valence-electron chi connectivity index (χ4n) is 1.81. The first kappa shape index (κ1) is 13.0. The minimum atomic E-state index is -0.918. The van der Waals surface area contributed by atoms with Crippen LogP contribution in [0.25, 0.3) is 0 Å². The van der Waals surface area contributed by atoms with Gasteiger partial charge in [0.05, 0.1) is 6.04 Å². The van der Waals surface area contributed by atoms with E-state index in [1.807, 2.05) is 0 Å². The molecule has 3 atom stereocenters. The van der Waals surface area contributed by atoms with Crippen LogP contribution in [-0.4, -0.2) is 29.1 Å². The number of nitrogens with two attached hydrogens (primary N) is 1. The molecular formula is C11H20N2O3. The van der Waals surface area contributed by atoms with E-state index in [4.69, 9.17) is 10.8 Å². The van der Waals surface area contributed by atoms with Crippen molar-refractivity contribution in [2.75, 3.05) is 0 Å². The van der Waals surface area contributed by atoms with Gasteiger partial charge in [0.1, 0.15) is 0 Å². The molecule has 1 aliphatic rings. The molecule has 0 aromatic heterocycles. The topological polar surface area (TPSA) is 92.4 Å². The lowest BCUT2D eigenvalue weighted by Crippen LogP contribution is -2.42. The molecule has 3 unspecified atom stereocenters. The van der Waals surface area contributed by atoms with Crippen molar-refractivity contribution in [3.63, 3.8) is 0 Å². The van der Waals surface area contributed by atoms with Gasteiger partial charge in [-0.3, -0.25) is 9.59 Å². The summed E-state index contributed by atoms with van der Waals surface area (Å²) in [5, 5.41) is 11.3. The second-order valence-corrected chi connectivity index (χ2v) is 4.44. The number of carbonyl (C=O) groups excluding carboxylic acids is 1. The molecule has 1 rings (SSSR count). The third kappa shape index (κ3) is 4.18. The first-order valence-electron chi connectivity index (χ1n) is 5.82. The van der Waals surface area contributed by atoms with Crippen LogP contribution in [0.2, 0.25) is 0 Å². The molecule has 1 fully saturated rings. The van der Waals surface area contributed by atoms with E-state index in [0.717, 1.165) is 19.3 Å². The summed E-state index contributed by atoms with van der Waals surface area (Å²) in [4.78, 5) is 21.8. The van der Waals surface area contributed by atoms with Crippen molar-refractivity contribution in [1.29, 1.82) is 0 Å². The smallest absolute Gasteiger partial charge is 0.303 e. The average molecular weight is 228 g/mol. The summed E-state index contributed by atoms with van der Waals surface area (Å²) in [5.41, 5.74) is 5.59. The Kier molecular flexibility index (Phi) is 4.73. The van der Waals surface area contributed by atoms with Gasteiger partial charge in [0.15, 0.2) is 0 Å². The molecule has 0 radical (unpaired) electrons. The molecule has 0 heterocycles. The van der Waals surface area contributed by atoms with E-state index in [-0.39, 0.29) is 24.8 Å². The molecular weight excluding hydrogens is 208 g/mol. The lowest BCUT2D eigenvalue weighted by atomic mass is 10.1. The zero-order valence-corrected chi connectivity index (χ0v) is 9.61. The van der Waals surface area contributed by atoms with Crippen LogP contribution >= 0.6 is 0 Å². The zero-order chi connectivity index (χ0) is 12.1. The van der Waals surface area contributed by atoms with Crippen LogP contribution in [0.5, 0.6) is 0 Å².